The second-order valence-electron chi connectivity index (χ2n) is 7.45. The van der Waals surface area contributed by atoms with Crippen LogP contribution in [0.5, 0.6) is 46.0 Å². The summed E-state index contributed by atoms with van der Waals surface area (Å²) in [5.41, 5.74) is 0. The van der Waals surface area contributed by atoms with Crippen molar-refractivity contribution in [1.82, 2.24) is 0 Å². The van der Waals surface area contributed by atoms with Gasteiger partial charge in [-0.15, -0.1) is 0 Å². The molecule has 0 N–H and O–H groups in total. The molecule has 0 unspecified atom stereocenters. The number of para-hydroxylation sites is 2. The van der Waals surface area contributed by atoms with Gasteiger partial charge in [-0.3, -0.25) is 0 Å². The van der Waals surface area contributed by atoms with Gasteiger partial charge in [0.15, 0.2) is 0 Å². The fraction of sp³-hybridized carbons (Fsp3) is 0. The van der Waals surface area contributed by atoms with Gasteiger partial charge in [0, 0.05) is 6.07 Å². The van der Waals surface area contributed by atoms with E-state index in [1.807, 2.05) is 133 Å². The van der Waals surface area contributed by atoms with Crippen LogP contribution in [-0.2, 0) is 0 Å². The minimum absolute atomic E-state index is 0.679. The predicted octanol–water partition coefficient (Wildman–Crippen LogP) is 8.86. The summed E-state index contributed by atoms with van der Waals surface area (Å²) in [4.78, 5) is 0. The zero-order valence-corrected chi connectivity index (χ0v) is 18.3. The lowest BCUT2D eigenvalue weighted by Crippen LogP contribution is -1.88. The lowest BCUT2D eigenvalue weighted by Gasteiger charge is -2.11. The highest BCUT2D eigenvalue weighted by molar-refractivity contribution is 5.42. The molecule has 0 aliphatic heterocycles. The smallest absolute Gasteiger partial charge is 0.131 e. The standard InChI is InChI=1S/C30H22O4/c1-3-8-23(9-4-1)31-25-14-18-27(19-15-25)33-29-12-7-13-30(22-29)34-28-20-16-26(17-21-28)32-24-10-5-2-6-11-24/h1-22H. The molecule has 0 heterocycles. The lowest BCUT2D eigenvalue weighted by atomic mass is 10.3. The van der Waals surface area contributed by atoms with Gasteiger partial charge < -0.3 is 18.9 Å². The van der Waals surface area contributed by atoms with E-state index in [-0.39, 0.29) is 0 Å². The van der Waals surface area contributed by atoms with E-state index in [0.29, 0.717) is 23.0 Å². The van der Waals surface area contributed by atoms with Gasteiger partial charge in [-0.2, -0.15) is 0 Å². The van der Waals surface area contributed by atoms with Crippen LogP contribution in [-0.4, -0.2) is 0 Å². The lowest BCUT2D eigenvalue weighted by molar-refractivity contribution is 0.454. The van der Waals surface area contributed by atoms with Crippen molar-refractivity contribution in [2.45, 2.75) is 0 Å². The van der Waals surface area contributed by atoms with Crippen molar-refractivity contribution in [2.75, 3.05) is 0 Å². The Bertz CT molecular complexity index is 1210. The van der Waals surface area contributed by atoms with Crippen LogP contribution in [0.25, 0.3) is 0 Å². The van der Waals surface area contributed by atoms with Crippen LogP contribution >= 0.6 is 0 Å². The topological polar surface area (TPSA) is 36.9 Å². The Morgan fingerprint density at radius 1 is 0.235 bits per heavy atom. The summed E-state index contributed by atoms with van der Waals surface area (Å²) in [7, 11) is 0. The fourth-order valence-electron chi connectivity index (χ4n) is 3.27. The first-order valence-electron chi connectivity index (χ1n) is 10.9. The Labute approximate surface area is 198 Å². The predicted molar refractivity (Wildman–Crippen MR) is 133 cm³/mol. The minimum atomic E-state index is 0.679. The van der Waals surface area contributed by atoms with Crippen LogP contribution in [0.1, 0.15) is 0 Å². The van der Waals surface area contributed by atoms with Crippen molar-refractivity contribution in [3.63, 3.8) is 0 Å². The highest BCUT2D eigenvalue weighted by Crippen LogP contribution is 2.31. The minimum Gasteiger partial charge on any atom is -0.457 e. The van der Waals surface area contributed by atoms with Gasteiger partial charge in [-0.05, 0) is 84.9 Å². The summed E-state index contributed by atoms with van der Waals surface area (Å²) in [6.45, 7) is 0. The van der Waals surface area contributed by atoms with Crippen molar-refractivity contribution in [3.05, 3.63) is 133 Å². The molecule has 34 heavy (non-hydrogen) atoms. The first-order chi connectivity index (χ1) is 16.8. The van der Waals surface area contributed by atoms with Crippen LogP contribution < -0.4 is 18.9 Å². The molecule has 4 heteroatoms. The number of hydrogen-bond acceptors (Lipinski definition) is 4. The van der Waals surface area contributed by atoms with Crippen LogP contribution in [0.4, 0.5) is 0 Å². The fourth-order valence-corrected chi connectivity index (χ4v) is 3.27. The molecule has 0 aliphatic carbocycles. The third-order valence-corrected chi connectivity index (χ3v) is 4.88. The van der Waals surface area contributed by atoms with Crippen LogP contribution in [0.3, 0.4) is 0 Å². The average Bonchev–Trinajstić information content (AvgIpc) is 2.88. The molecule has 0 radical (unpaired) electrons. The van der Waals surface area contributed by atoms with Gasteiger partial charge in [0.1, 0.15) is 46.0 Å². The van der Waals surface area contributed by atoms with E-state index < -0.39 is 0 Å². The molecule has 0 aliphatic rings. The SMILES string of the molecule is c1ccc(Oc2ccc(Oc3cccc(Oc4ccc(Oc5ccccc5)cc4)c3)cc2)cc1. The molecule has 5 rings (SSSR count). The van der Waals surface area contributed by atoms with E-state index >= 15 is 0 Å². The van der Waals surface area contributed by atoms with E-state index in [2.05, 4.69) is 0 Å². The second kappa shape index (κ2) is 10.3. The Kier molecular flexibility index (Phi) is 6.40. The monoisotopic (exact) mass is 446 g/mol. The molecular weight excluding hydrogens is 424 g/mol. The van der Waals surface area contributed by atoms with E-state index in [4.69, 9.17) is 18.9 Å². The number of rotatable bonds is 8. The molecule has 0 bridgehead atoms. The Morgan fingerprint density at radius 3 is 0.853 bits per heavy atom. The van der Waals surface area contributed by atoms with Gasteiger partial charge in [0.25, 0.3) is 0 Å². The van der Waals surface area contributed by atoms with Crippen molar-refractivity contribution >= 4 is 0 Å². The molecule has 5 aromatic carbocycles. The van der Waals surface area contributed by atoms with Gasteiger partial charge in [0.2, 0.25) is 0 Å². The van der Waals surface area contributed by atoms with Crippen molar-refractivity contribution in [3.8, 4) is 46.0 Å². The first kappa shape index (κ1) is 21.2. The maximum atomic E-state index is 5.99. The van der Waals surface area contributed by atoms with Gasteiger partial charge in [-0.1, -0.05) is 42.5 Å². The average molecular weight is 447 g/mol. The molecule has 4 nitrogen and oxygen atoms in total. The maximum Gasteiger partial charge on any atom is 0.131 e. The zero-order valence-electron chi connectivity index (χ0n) is 18.3. The summed E-state index contributed by atoms with van der Waals surface area (Å²) in [5.74, 6) is 5.85. The Balaban J connectivity index is 1.20. The molecule has 5 aromatic rings. The first-order valence-corrected chi connectivity index (χ1v) is 10.9. The van der Waals surface area contributed by atoms with Crippen molar-refractivity contribution in [1.29, 1.82) is 0 Å². The highest BCUT2D eigenvalue weighted by Gasteiger charge is 2.04. The molecule has 0 atom stereocenters. The van der Waals surface area contributed by atoms with E-state index in [1.54, 1.807) is 0 Å². The summed E-state index contributed by atoms with van der Waals surface area (Å²) in [5, 5.41) is 0. The maximum absolute atomic E-state index is 5.99. The molecule has 0 saturated heterocycles. The van der Waals surface area contributed by atoms with Crippen molar-refractivity contribution in [2.24, 2.45) is 0 Å². The van der Waals surface area contributed by atoms with E-state index in [0.717, 1.165) is 23.0 Å². The number of ether oxygens (including phenoxy) is 4. The van der Waals surface area contributed by atoms with Crippen LogP contribution in [0.2, 0.25) is 0 Å². The van der Waals surface area contributed by atoms with Gasteiger partial charge >= 0.3 is 0 Å². The van der Waals surface area contributed by atoms with Crippen LogP contribution in [0.15, 0.2) is 133 Å². The Morgan fingerprint density at radius 2 is 0.500 bits per heavy atom. The Hall–Kier alpha value is -4.70. The molecule has 0 amide bonds. The quantitative estimate of drug-likeness (QED) is 0.238. The molecule has 0 fully saturated rings. The zero-order chi connectivity index (χ0) is 23.0. The molecule has 0 aromatic heterocycles. The summed E-state index contributed by atoms with van der Waals surface area (Å²) in [6.07, 6.45) is 0. The number of benzene rings is 5. The number of hydrogen-bond donors (Lipinski definition) is 0. The van der Waals surface area contributed by atoms with E-state index in [9.17, 15) is 0 Å². The third kappa shape index (κ3) is 5.75. The normalized spacial score (nSPS) is 10.4. The van der Waals surface area contributed by atoms with E-state index in [1.165, 1.54) is 0 Å². The summed E-state index contributed by atoms with van der Waals surface area (Å²) in [6, 6.07) is 41.8. The van der Waals surface area contributed by atoms with Gasteiger partial charge in [-0.25, -0.2) is 0 Å². The third-order valence-electron chi connectivity index (χ3n) is 4.88. The second-order valence-corrected chi connectivity index (χ2v) is 7.45. The molecule has 0 spiro atoms. The summed E-state index contributed by atoms with van der Waals surface area (Å²) < 4.78 is 23.6. The summed E-state index contributed by atoms with van der Waals surface area (Å²) >= 11 is 0. The highest BCUT2D eigenvalue weighted by atomic mass is 16.5. The largest absolute Gasteiger partial charge is 0.457 e. The van der Waals surface area contributed by atoms with Crippen LogP contribution in [0, 0.1) is 0 Å². The van der Waals surface area contributed by atoms with Crippen molar-refractivity contribution < 1.29 is 18.9 Å². The molecule has 166 valence electrons. The van der Waals surface area contributed by atoms with Gasteiger partial charge in [0.05, 0.1) is 0 Å². The molecule has 0 saturated carbocycles. The molecular formula is C30H22O4.